The number of nitrogens with one attached hydrogen (secondary N) is 5. The summed E-state index contributed by atoms with van der Waals surface area (Å²) in [6, 6.07) is 15.5. The largest absolute Gasteiger partial charge is 0.449 e. The second-order valence-electron chi connectivity index (χ2n) is 13.8. The molecular formula is C36H45N7O9. The van der Waals surface area contributed by atoms with Crippen LogP contribution in [0.1, 0.15) is 50.7 Å². The van der Waals surface area contributed by atoms with Crippen molar-refractivity contribution < 1.29 is 43.0 Å². The first-order valence-corrected chi connectivity index (χ1v) is 17.2. The smallest absolute Gasteiger partial charge is 0.410 e. The Bertz CT molecular complexity index is 1660. The summed E-state index contributed by atoms with van der Waals surface area (Å²) in [5.41, 5.74) is 3.67. The van der Waals surface area contributed by atoms with Gasteiger partial charge in [-0.25, -0.2) is 9.59 Å². The summed E-state index contributed by atoms with van der Waals surface area (Å²) < 4.78 is 10.9. The zero-order valence-corrected chi connectivity index (χ0v) is 29.5. The lowest BCUT2D eigenvalue weighted by Crippen LogP contribution is -2.66. The Morgan fingerprint density at radius 1 is 0.635 bits per heavy atom. The van der Waals surface area contributed by atoms with Gasteiger partial charge in [-0.3, -0.25) is 24.0 Å². The molecule has 2 bridgehead atoms. The molecule has 2 atom stereocenters. The Morgan fingerprint density at radius 3 is 1.56 bits per heavy atom. The zero-order valence-electron chi connectivity index (χ0n) is 29.5. The summed E-state index contributed by atoms with van der Waals surface area (Å²) in [6.45, 7) is 4.18. The van der Waals surface area contributed by atoms with Crippen LogP contribution < -0.4 is 26.6 Å². The molecule has 7 amide bonds. The van der Waals surface area contributed by atoms with Crippen LogP contribution in [-0.2, 0) is 33.4 Å². The summed E-state index contributed by atoms with van der Waals surface area (Å²) in [7, 11) is 0. The van der Waals surface area contributed by atoms with Crippen LogP contribution in [0.15, 0.2) is 48.5 Å². The van der Waals surface area contributed by atoms with Crippen molar-refractivity contribution in [2.75, 3.05) is 52.4 Å². The number of ether oxygens (including phenoxy) is 2. The van der Waals surface area contributed by atoms with Gasteiger partial charge in [-0.1, -0.05) is 48.5 Å². The van der Waals surface area contributed by atoms with Crippen LogP contribution in [0.4, 0.5) is 9.59 Å². The van der Waals surface area contributed by atoms with E-state index in [1.54, 1.807) is 30.6 Å². The molecule has 2 aromatic carbocycles. The first kappa shape index (κ1) is 37.6. The van der Waals surface area contributed by atoms with E-state index in [2.05, 4.69) is 26.6 Å². The molecular weight excluding hydrogens is 674 g/mol. The van der Waals surface area contributed by atoms with Gasteiger partial charge in [0.1, 0.15) is 18.8 Å². The van der Waals surface area contributed by atoms with Crippen LogP contribution in [0, 0.1) is 0 Å². The molecule has 52 heavy (non-hydrogen) atoms. The lowest BCUT2D eigenvalue weighted by molar-refractivity contribution is -0.141. The van der Waals surface area contributed by atoms with Crippen molar-refractivity contribution in [2.24, 2.45) is 0 Å². The van der Waals surface area contributed by atoms with Gasteiger partial charge in [0.15, 0.2) is 0 Å². The fraction of sp³-hybridized carbons (Fsp3) is 0.472. The van der Waals surface area contributed by atoms with Crippen molar-refractivity contribution in [3.63, 3.8) is 0 Å². The Labute approximate surface area is 301 Å². The van der Waals surface area contributed by atoms with E-state index in [1.165, 1.54) is 0 Å². The molecule has 16 heteroatoms. The Balaban J connectivity index is 0.910. The van der Waals surface area contributed by atoms with Crippen molar-refractivity contribution in [1.82, 2.24) is 36.4 Å². The summed E-state index contributed by atoms with van der Waals surface area (Å²) in [5, 5.41) is 11.8. The Morgan fingerprint density at radius 2 is 1.08 bits per heavy atom. The molecule has 3 fully saturated rings. The quantitative estimate of drug-likeness (QED) is 0.208. The lowest BCUT2D eigenvalue weighted by atomic mass is 9.91. The van der Waals surface area contributed by atoms with Gasteiger partial charge in [0, 0.05) is 25.0 Å². The van der Waals surface area contributed by atoms with E-state index >= 15 is 0 Å². The SMILES string of the molecule is CC(C)(C)OC(=O)N1C[C@@H]2CC[C@@H]1CN2C(=O)CNC(=O)CNC(=O)CNC(=O)CNC(=O)CNC(=O)OCC1c2ccccc2-c2ccccc21. The number of amides is 7. The molecule has 2 aromatic rings. The topological polar surface area (TPSA) is 205 Å². The molecule has 0 spiro atoms. The average molecular weight is 720 g/mol. The molecule has 1 aliphatic carbocycles. The van der Waals surface area contributed by atoms with Crippen molar-refractivity contribution in [3.8, 4) is 11.1 Å². The van der Waals surface area contributed by atoms with Gasteiger partial charge in [-0.05, 0) is 55.9 Å². The number of nitrogens with zero attached hydrogens (tertiary/aromatic N) is 2. The molecule has 3 saturated heterocycles. The number of rotatable bonds is 12. The summed E-state index contributed by atoms with van der Waals surface area (Å²) >= 11 is 0. The standard InChI is InChI=1S/C36H45N7O9/c1-36(2,3)52-35(50)43-20-22-12-13-23(43)19-42(22)33(48)18-40-31(46)16-38-29(44)14-37-30(45)15-39-32(47)17-41-34(49)51-21-28-26-10-6-4-8-24(26)25-9-5-7-11-27(25)28/h4-11,22-23,28H,12-21H2,1-3H3,(H,37,45)(H,38,44)(H,39,47)(H,40,46)(H,41,49)/t22-,23+/m0/s1. The molecule has 0 radical (unpaired) electrons. The molecule has 0 aromatic heterocycles. The highest BCUT2D eigenvalue weighted by molar-refractivity contribution is 5.91. The van der Waals surface area contributed by atoms with Crippen LogP contribution >= 0.6 is 0 Å². The van der Waals surface area contributed by atoms with Crippen LogP contribution in [0.2, 0.25) is 0 Å². The number of hydrogen-bond acceptors (Lipinski definition) is 9. The number of carbonyl (C=O) groups is 7. The number of fused-ring (bicyclic) bond motifs is 6. The molecule has 278 valence electrons. The first-order chi connectivity index (χ1) is 24.8. The van der Waals surface area contributed by atoms with Gasteiger partial charge in [-0.2, -0.15) is 0 Å². The van der Waals surface area contributed by atoms with Gasteiger partial charge in [0.2, 0.25) is 29.5 Å². The number of piperazine rings is 1. The van der Waals surface area contributed by atoms with Gasteiger partial charge in [-0.15, -0.1) is 0 Å². The first-order valence-electron chi connectivity index (χ1n) is 17.2. The number of piperidine rings is 2. The third-order valence-corrected chi connectivity index (χ3v) is 8.99. The third kappa shape index (κ3) is 9.76. The molecule has 0 unspecified atom stereocenters. The number of alkyl carbamates (subject to hydrolysis) is 1. The highest BCUT2D eigenvalue weighted by atomic mass is 16.6. The minimum absolute atomic E-state index is 0.0861. The van der Waals surface area contributed by atoms with E-state index in [1.807, 2.05) is 48.5 Å². The van der Waals surface area contributed by atoms with E-state index in [0.717, 1.165) is 35.1 Å². The minimum atomic E-state index is -0.781. The average Bonchev–Trinajstić information content (AvgIpc) is 3.45. The molecule has 0 saturated carbocycles. The minimum Gasteiger partial charge on any atom is -0.449 e. The van der Waals surface area contributed by atoms with Gasteiger partial charge >= 0.3 is 12.2 Å². The number of carbonyl (C=O) groups excluding carboxylic acids is 7. The fourth-order valence-electron chi connectivity index (χ4n) is 6.54. The van der Waals surface area contributed by atoms with E-state index in [9.17, 15) is 33.6 Å². The highest BCUT2D eigenvalue weighted by Gasteiger charge is 2.44. The molecule has 3 heterocycles. The molecule has 16 nitrogen and oxygen atoms in total. The third-order valence-electron chi connectivity index (χ3n) is 8.99. The fourth-order valence-corrected chi connectivity index (χ4v) is 6.54. The maximum atomic E-state index is 12.8. The predicted octanol–water partition coefficient (Wildman–Crippen LogP) is 0.600. The molecule has 4 aliphatic rings. The summed E-state index contributed by atoms with van der Waals surface area (Å²) in [6.07, 6.45) is 0.319. The van der Waals surface area contributed by atoms with Crippen molar-refractivity contribution >= 4 is 41.7 Å². The zero-order chi connectivity index (χ0) is 37.4. The highest BCUT2D eigenvalue weighted by Crippen LogP contribution is 2.44. The lowest BCUT2D eigenvalue weighted by Gasteiger charge is -2.51. The molecule has 6 rings (SSSR count). The molecule has 5 N–H and O–H groups in total. The van der Waals surface area contributed by atoms with E-state index in [-0.39, 0.29) is 37.1 Å². The van der Waals surface area contributed by atoms with Crippen molar-refractivity contribution in [2.45, 2.75) is 57.2 Å². The van der Waals surface area contributed by atoms with Gasteiger partial charge in [0.25, 0.3) is 0 Å². The number of hydrogen-bond donors (Lipinski definition) is 5. The molecule has 3 aliphatic heterocycles. The normalized spacial score (nSPS) is 17.3. The van der Waals surface area contributed by atoms with E-state index in [0.29, 0.717) is 13.1 Å². The summed E-state index contributed by atoms with van der Waals surface area (Å²) in [4.78, 5) is 89.7. The second-order valence-corrected chi connectivity index (χ2v) is 13.8. The van der Waals surface area contributed by atoms with Crippen LogP contribution in [0.25, 0.3) is 11.1 Å². The van der Waals surface area contributed by atoms with E-state index < -0.39 is 67.6 Å². The van der Waals surface area contributed by atoms with E-state index in [4.69, 9.17) is 9.47 Å². The second kappa shape index (κ2) is 16.6. The van der Waals surface area contributed by atoms with Crippen molar-refractivity contribution in [3.05, 3.63) is 59.7 Å². The predicted molar refractivity (Wildman–Crippen MR) is 187 cm³/mol. The van der Waals surface area contributed by atoms with Gasteiger partial charge < -0.3 is 45.9 Å². The van der Waals surface area contributed by atoms with Crippen molar-refractivity contribution in [1.29, 1.82) is 0 Å². The Kier molecular flexibility index (Phi) is 12.0. The maximum absolute atomic E-state index is 12.8. The summed E-state index contributed by atoms with van der Waals surface area (Å²) in [5.74, 6) is -2.98. The monoisotopic (exact) mass is 719 g/mol. The maximum Gasteiger partial charge on any atom is 0.410 e. The Hall–Kier alpha value is -5.67. The van der Waals surface area contributed by atoms with Crippen LogP contribution in [-0.4, -0.2) is 122 Å². The van der Waals surface area contributed by atoms with Gasteiger partial charge in [0.05, 0.1) is 32.2 Å². The number of benzene rings is 2. The van der Waals surface area contributed by atoms with Crippen LogP contribution in [0.5, 0.6) is 0 Å². The van der Waals surface area contributed by atoms with Crippen LogP contribution in [0.3, 0.4) is 0 Å².